The summed E-state index contributed by atoms with van der Waals surface area (Å²) < 4.78 is 38.1. The fourth-order valence-electron chi connectivity index (χ4n) is 1.51. The summed E-state index contributed by atoms with van der Waals surface area (Å²) in [4.78, 5) is 0.0794. The van der Waals surface area contributed by atoms with Gasteiger partial charge in [-0.3, -0.25) is 0 Å². The number of benzene rings is 2. The van der Waals surface area contributed by atoms with Crippen molar-refractivity contribution in [3.8, 4) is 6.07 Å². The first-order valence-electron chi connectivity index (χ1n) is 5.51. The van der Waals surface area contributed by atoms with Crippen molar-refractivity contribution in [2.45, 2.75) is 4.90 Å². The van der Waals surface area contributed by atoms with Crippen molar-refractivity contribution < 1.29 is 12.2 Å². The molecule has 0 aliphatic rings. The molecular weight excluding hydrogens is 339 g/mol. The first-order chi connectivity index (χ1) is 9.55. The first kappa shape index (κ1) is 14.4. The van der Waals surface area contributed by atoms with E-state index in [2.05, 4.69) is 4.72 Å². The average molecular weight is 348 g/mol. The third-order valence-electron chi connectivity index (χ3n) is 2.52. The van der Waals surface area contributed by atoms with Gasteiger partial charge in [-0.1, -0.05) is 0 Å². The van der Waals surface area contributed by atoms with E-state index in [-0.39, 0.29) is 4.90 Å². The SMILES string of the molecule is N#Cc1ccc(S(=O)(=O)Nc2ccc([As]=O)cc2)cc1. The molecule has 1 N–H and O–H groups in total. The Labute approximate surface area is 123 Å². The van der Waals surface area contributed by atoms with E-state index in [1.54, 1.807) is 24.3 Å². The van der Waals surface area contributed by atoms with Crippen LogP contribution < -0.4 is 9.07 Å². The third kappa shape index (κ3) is 3.32. The summed E-state index contributed by atoms with van der Waals surface area (Å²) in [7, 11) is -3.69. The molecule has 0 spiro atoms. The molecule has 0 saturated heterocycles. The summed E-state index contributed by atoms with van der Waals surface area (Å²) in [5.74, 6) is 0. The molecule has 0 aromatic heterocycles. The molecule has 100 valence electrons. The quantitative estimate of drug-likeness (QED) is 0.837. The number of hydrogen-bond donors (Lipinski definition) is 1. The summed E-state index contributed by atoms with van der Waals surface area (Å²) in [5, 5.41) is 8.68. The number of hydrogen-bond acceptors (Lipinski definition) is 4. The molecule has 0 radical (unpaired) electrons. The zero-order valence-electron chi connectivity index (χ0n) is 10.1. The van der Waals surface area contributed by atoms with Crippen molar-refractivity contribution in [3.05, 3.63) is 54.1 Å². The van der Waals surface area contributed by atoms with E-state index in [0.717, 1.165) is 0 Å². The Bertz CT molecular complexity index is 763. The van der Waals surface area contributed by atoms with Gasteiger partial charge in [0.15, 0.2) is 0 Å². The molecule has 20 heavy (non-hydrogen) atoms. The van der Waals surface area contributed by atoms with Crippen molar-refractivity contribution in [1.29, 1.82) is 5.26 Å². The maximum atomic E-state index is 12.1. The van der Waals surface area contributed by atoms with Crippen LogP contribution in [0.2, 0.25) is 0 Å². The van der Waals surface area contributed by atoms with E-state index < -0.39 is 25.7 Å². The molecule has 7 heteroatoms. The van der Waals surface area contributed by atoms with Crippen LogP contribution >= 0.6 is 0 Å². The number of anilines is 1. The van der Waals surface area contributed by atoms with Crippen molar-refractivity contribution in [3.63, 3.8) is 0 Å². The van der Waals surface area contributed by atoms with Gasteiger partial charge in [-0.15, -0.1) is 0 Å². The molecule has 0 bridgehead atoms. The van der Waals surface area contributed by atoms with Crippen LogP contribution in [0, 0.1) is 11.3 Å². The van der Waals surface area contributed by atoms with E-state index in [1.807, 2.05) is 6.07 Å². The summed E-state index contributed by atoms with van der Waals surface area (Å²) in [6, 6.07) is 13.9. The van der Waals surface area contributed by atoms with Gasteiger partial charge in [0.25, 0.3) is 0 Å². The second kappa shape index (κ2) is 6.00. The van der Waals surface area contributed by atoms with Crippen LogP contribution in [0.15, 0.2) is 53.4 Å². The van der Waals surface area contributed by atoms with Crippen LogP contribution in [-0.4, -0.2) is 24.1 Å². The van der Waals surface area contributed by atoms with Gasteiger partial charge in [0.2, 0.25) is 0 Å². The molecule has 0 aliphatic carbocycles. The van der Waals surface area contributed by atoms with Crippen molar-refractivity contribution in [2.24, 2.45) is 0 Å². The van der Waals surface area contributed by atoms with Crippen LogP contribution in [-0.2, 0) is 13.8 Å². The molecule has 0 aliphatic heterocycles. The van der Waals surface area contributed by atoms with E-state index in [1.165, 1.54) is 24.3 Å². The molecule has 2 aromatic rings. The van der Waals surface area contributed by atoms with Crippen molar-refractivity contribution >= 4 is 35.8 Å². The van der Waals surface area contributed by atoms with Gasteiger partial charge in [-0.2, -0.15) is 0 Å². The molecule has 0 atom stereocenters. The number of nitrogens with one attached hydrogen (secondary N) is 1. The molecule has 0 unspecified atom stereocenters. The van der Waals surface area contributed by atoms with Crippen LogP contribution in [0.5, 0.6) is 0 Å². The van der Waals surface area contributed by atoms with E-state index in [4.69, 9.17) is 5.26 Å². The topological polar surface area (TPSA) is 87.0 Å². The van der Waals surface area contributed by atoms with Crippen molar-refractivity contribution in [2.75, 3.05) is 4.72 Å². The Balaban J connectivity index is 2.25. The predicted molar refractivity (Wildman–Crippen MR) is 74.5 cm³/mol. The molecule has 2 rings (SSSR count). The Morgan fingerprint density at radius 1 is 1.00 bits per heavy atom. The van der Waals surface area contributed by atoms with E-state index >= 15 is 0 Å². The number of nitrogens with zero attached hydrogens (tertiary/aromatic N) is 1. The molecule has 0 saturated carbocycles. The van der Waals surface area contributed by atoms with Gasteiger partial charge < -0.3 is 0 Å². The molecule has 0 fully saturated rings. The maximum absolute atomic E-state index is 12.1. The number of nitriles is 1. The van der Waals surface area contributed by atoms with Crippen LogP contribution in [0.4, 0.5) is 5.69 Å². The predicted octanol–water partition coefficient (Wildman–Crippen LogP) is 1.03. The van der Waals surface area contributed by atoms with E-state index in [9.17, 15) is 12.2 Å². The summed E-state index contributed by atoms with van der Waals surface area (Å²) in [6.45, 7) is 0. The standard InChI is InChI=1S/C13H9AsN2O3S/c15-9-10-1-7-13(8-2-10)20(18,19)16-12-5-3-11(14-17)4-6-12/h1-8,16H. The monoisotopic (exact) mass is 348 g/mol. The Morgan fingerprint density at radius 2 is 1.60 bits per heavy atom. The Hall–Kier alpha value is -1.96. The summed E-state index contributed by atoms with van der Waals surface area (Å²) in [5.41, 5.74) is 0.792. The van der Waals surface area contributed by atoms with E-state index in [0.29, 0.717) is 15.6 Å². The number of rotatable bonds is 4. The normalized spacial score (nSPS) is 10.9. The molecule has 0 amide bonds. The zero-order valence-corrected chi connectivity index (χ0v) is 12.8. The van der Waals surface area contributed by atoms with Crippen molar-refractivity contribution in [1.82, 2.24) is 0 Å². The zero-order chi connectivity index (χ0) is 14.6. The second-order valence-electron chi connectivity index (χ2n) is 3.88. The fourth-order valence-corrected chi connectivity index (χ4v) is 3.14. The minimum atomic E-state index is -3.69. The van der Waals surface area contributed by atoms with Crippen LogP contribution in [0.1, 0.15) is 5.56 Å². The van der Waals surface area contributed by atoms with Crippen LogP contribution in [0.3, 0.4) is 0 Å². The summed E-state index contributed by atoms with van der Waals surface area (Å²) >= 11 is -1.11. The van der Waals surface area contributed by atoms with Gasteiger partial charge in [-0.25, -0.2) is 0 Å². The Kier molecular flexibility index (Phi) is 4.33. The summed E-state index contributed by atoms with van der Waals surface area (Å²) in [6.07, 6.45) is 0. The first-order valence-corrected chi connectivity index (χ1v) is 8.70. The molecule has 2 aromatic carbocycles. The molecule has 0 heterocycles. The third-order valence-corrected chi connectivity index (χ3v) is 4.98. The number of sulfonamides is 1. The minimum absolute atomic E-state index is 0.0794. The van der Waals surface area contributed by atoms with Gasteiger partial charge in [0.1, 0.15) is 0 Å². The van der Waals surface area contributed by atoms with Gasteiger partial charge in [0, 0.05) is 0 Å². The molecule has 5 nitrogen and oxygen atoms in total. The fraction of sp³-hybridized carbons (Fsp3) is 0. The second-order valence-corrected chi connectivity index (χ2v) is 7.03. The average Bonchev–Trinajstić information content (AvgIpc) is 2.48. The van der Waals surface area contributed by atoms with Crippen LogP contribution in [0.25, 0.3) is 0 Å². The van der Waals surface area contributed by atoms with Gasteiger partial charge in [-0.05, 0) is 0 Å². The molecular formula is C13H9AsN2O3S. The van der Waals surface area contributed by atoms with Gasteiger partial charge >= 0.3 is 123 Å². The Morgan fingerprint density at radius 3 is 2.10 bits per heavy atom. The van der Waals surface area contributed by atoms with Gasteiger partial charge in [0.05, 0.1) is 0 Å².